The SMILES string of the molecule is Cc1cc(C)cc(C(CC(N)=O)C(C)(C)C)c1. The predicted molar refractivity (Wildman–Crippen MR) is 71.9 cm³/mol. The summed E-state index contributed by atoms with van der Waals surface area (Å²) in [4.78, 5) is 11.2. The maximum atomic E-state index is 11.2. The summed E-state index contributed by atoms with van der Waals surface area (Å²) in [5.74, 6) is -0.0531. The molecule has 0 aliphatic rings. The molecule has 17 heavy (non-hydrogen) atoms. The lowest BCUT2D eigenvalue weighted by molar-refractivity contribution is -0.118. The van der Waals surface area contributed by atoms with Crippen molar-refractivity contribution in [2.24, 2.45) is 11.1 Å². The summed E-state index contributed by atoms with van der Waals surface area (Å²) < 4.78 is 0. The lowest BCUT2D eigenvalue weighted by Gasteiger charge is -2.30. The van der Waals surface area contributed by atoms with E-state index in [1.165, 1.54) is 16.7 Å². The number of hydrogen-bond acceptors (Lipinski definition) is 1. The Kier molecular flexibility index (Phi) is 3.97. The molecule has 0 aliphatic carbocycles. The van der Waals surface area contributed by atoms with Gasteiger partial charge in [-0.05, 0) is 30.7 Å². The molecule has 0 aromatic heterocycles. The molecule has 1 rings (SSSR count). The van der Waals surface area contributed by atoms with Gasteiger partial charge in [0.2, 0.25) is 5.91 Å². The number of rotatable bonds is 3. The van der Waals surface area contributed by atoms with Crippen LogP contribution in [0.3, 0.4) is 0 Å². The maximum absolute atomic E-state index is 11.2. The molecule has 2 N–H and O–H groups in total. The molecule has 2 heteroatoms. The summed E-state index contributed by atoms with van der Waals surface area (Å²) in [5.41, 5.74) is 9.09. The first-order chi connectivity index (χ1) is 7.70. The Morgan fingerprint density at radius 1 is 1.18 bits per heavy atom. The summed E-state index contributed by atoms with van der Waals surface area (Å²) in [5, 5.41) is 0. The molecule has 1 atom stereocenters. The maximum Gasteiger partial charge on any atom is 0.218 e. The van der Waals surface area contributed by atoms with E-state index in [1.54, 1.807) is 0 Å². The van der Waals surface area contributed by atoms with E-state index in [9.17, 15) is 4.79 Å². The number of nitrogens with two attached hydrogens (primary N) is 1. The van der Waals surface area contributed by atoms with Gasteiger partial charge in [0.25, 0.3) is 0 Å². The fourth-order valence-electron chi connectivity index (χ4n) is 2.34. The quantitative estimate of drug-likeness (QED) is 0.855. The lowest BCUT2D eigenvalue weighted by atomic mass is 9.74. The third-order valence-corrected chi connectivity index (χ3v) is 3.10. The number of aryl methyl sites for hydroxylation is 2. The third kappa shape index (κ3) is 3.88. The summed E-state index contributed by atoms with van der Waals surface area (Å²) in [6.07, 6.45) is 0.409. The van der Waals surface area contributed by atoms with Crippen molar-refractivity contribution in [1.82, 2.24) is 0 Å². The number of amides is 1. The predicted octanol–water partition coefficient (Wildman–Crippen LogP) is 3.31. The number of primary amides is 1. The van der Waals surface area contributed by atoms with Crippen molar-refractivity contribution in [3.8, 4) is 0 Å². The van der Waals surface area contributed by atoms with E-state index in [0.29, 0.717) is 6.42 Å². The summed E-state index contributed by atoms with van der Waals surface area (Å²) in [6, 6.07) is 6.46. The minimum atomic E-state index is -0.232. The topological polar surface area (TPSA) is 43.1 Å². The monoisotopic (exact) mass is 233 g/mol. The number of hydrogen-bond donors (Lipinski definition) is 1. The van der Waals surface area contributed by atoms with E-state index in [-0.39, 0.29) is 17.2 Å². The Morgan fingerprint density at radius 2 is 1.65 bits per heavy atom. The second-order valence-corrected chi connectivity index (χ2v) is 6.01. The third-order valence-electron chi connectivity index (χ3n) is 3.10. The number of benzene rings is 1. The Hall–Kier alpha value is -1.31. The van der Waals surface area contributed by atoms with Gasteiger partial charge in [0, 0.05) is 6.42 Å². The molecule has 94 valence electrons. The zero-order valence-electron chi connectivity index (χ0n) is 11.5. The highest BCUT2D eigenvalue weighted by atomic mass is 16.1. The van der Waals surface area contributed by atoms with Gasteiger partial charge >= 0.3 is 0 Å². The Labute approximate surface area is 104 Å². The van der Waals surface area contributed by atoms with Crippen LogP contribution in [0, 0.1) is 19.3 Å². The largest absolute Gasteiger partial charge is 0.370 e. The zero-order valence-corrected chi connectivity index (χ0v) is 11.5. The minimum Gasteiger partial charge on any atom is -0.370 e. The molecule has 0 aliphatic heterocycles. The van der Waals surface area contributed by atoms with Gasteiger partial charge < -0.3 is 5.73 Å². The van der Waals surface area contributed by atoms with Gasteiger partial charge in [-0.3, -0.25) is 4.79 Å². The molecule has 1 aromatic rings. The average molecular weight is 233 g/mol. The van der Waals surface area contributed by atoms with Crippen LogP contribution in [0.25, 0.3) is 0 Å². The Morgan fingerprint density at radius 3 is 2.00 bits per heavy atom. The van der Waals surface area contributed by atoms with Crippen molar-refractivity contribution >= 4 is 5.91 Å². The number of carbonyl (C=O) groups is 1. The standard InChI is InChI=1S/C15H23NO/c1-10-6-11(2)8-12(7-10)13(9-14(16)17)15(3,4)5/h6-8,13H,9H2,1-5H3,(H2,16,17). The van der Waals surface area contributed by atoms with Gasteiger partial charge in [-0.15, -0.1) is 0 Å². The van der Waals surface area contributed by atoms with Gasteiger partial charge in [-0.1, -0.05) is 50.1 Å². The molecule has 0 spiro atoms. The molecule has 0 saturated heterocycles. The molecular weight excluding hydrogens is 210 g/mol. The average Bonchev–Trinajstić information content (AvgIpc) is 2.10. The fourth-order valence-corrected chi connectivity index (χ4v) is 2.34. The second kappa shape index (κ2) is 4.91. The van der Waals surface area contributed by atoms with Crippen LogP contribution in [-0.4, -0.2) is 5.91 Å². The van der Waals surface area contributed by atoms with Crippen LogP contribution in [0.2, 0.25) is 0 Å². The minimum absolute atomic E-state index is 0.0370. The van der Waals surface area contributed by atoms with Crippen molar-refractivity contribution in [1.29, 1.82) is 0 Å². The van der Waals surface area contributed by atoms with Crippen LogP contribution in [-0.2, 0) is 4.79 Å². The molecule has 1 aromatic carbocycles. The molecule has 1 amide bonds. The normalized spacial score (nSPS) is 13.5. The van der Waals surface area contributed by atoms with E-state index >= 15 is 0 Å². The molecule has 0 bridgehead atoms. The lowest BCUT2D eigenvalue weighted by Crippen LogP contribution is -2.25. The highest BCUT2D eigenvalue weighted by molar-refractivity contribution is 5.75. The van der Waals surface area contributed by atoms with E-state index in [0.717, 1.165) is 0 Å². The smallest absolute Gasteiger partial charge is 0.218 e. The fraction of sp³-hybridized carbons (Fsp3) is 0.533. The van der Waals surface area contributed by atoms with Crippen molar-refractivity contribution in [3.05, 3.63) is 34.9 Å². The summed E-state index contributed by atoms with van der Waals surface area (Å²) in [7, 11) is 0. The number of carbonyl (C=O) groups excluding carboxylic acids is 1. The molecule has 0 radical (unpaired) electrons. The highest BCUT2D eigenvalue weighted by Gasteiger charge is 2.27. The highest BCUT2D eigenvalue weighted by Crippen LogP contribution is 2.38. The van der Waals surface area contributed by atoms with Crippen molar-refractivity contribution in [3.63, 3.8) is 0 Å². The van der Waals surface area contributed by atoms with Crippen LogP contribution < -0.4 is 5.73 Å². The van der Waals surface area contributed by atoms with Gasteiger partial charge in [-0.25, -0.2) is 0 Å². The van der Waals surface area contributed by atoms with Crippen LogP contribution in [0.4, 0.5) is 0 Å². The van der Waals surface area contributed by atoms with Crippen LogP contribution in [0.5, 0.6) is 0 Å². The van der Waals surface area contributed by atoms with E-state index in [2.05, 4.69) is 52.8 Å². The van der Waals surface area contributed by atoms with Crippen molar-refractivity contribution in [2.45, 2.75) is 47.0 Å². The van der Waals surface area contributed by atoms with E-state index in [1.807, 2.05) is 0 Å². The zero-order chi connectivity index (χ0) is 13.2. The Balaban J connectivity index is 3.17. The van der Waals surface area contributed by atoms with Gasteiger partial charge in [0.1, 0.15) is 0 Å². The molecule has 0 saturated carbocycles. The molecule has 2 nitrogen and oxygen atoms in total. The van der Waals surface area contributed by atoms with Crippen molar-refractivity contribution < 1.29 is 4.79 Å². The first-order valence-corrected chi connectivity index (χ1v) is 6.06. The van der Waals surface area contributed by atoms with E-state index < -0.39 is 0 Å². The molecular formula is C15H23NO. The second-order valence-electron chi connectivity index (χ2n) is 6.01. The van der Waals surface area contributed by atoms with Crippen LogP contribution in [0.1, 0.15) is 49.8 Å². The van der Waals surface area contributed by atoms with E-state index in [4.69, 9.17) is 5.73 Å². The first kappa shape index (κ1) is 13.8. The van der Waals surface area contributed by atoms with Crippen molar-refractivity contribution in [2.75, 3.05) is 0 Å². The van der Waals surface area contributed by atoms with Gasteiger partial charge in [0.05, 0.1) is 0 Å². The molecule has 0 fully saturated rings. The summed E-state index contributed by atoms with van der Waals surface area (Å²) >= 11 is 0. The molecule has 0 heterocycles. The first-order valence-electron chi connectivity index (χ1n) is 6.06. The molecule has 1 unspecified atom stereocenters. The van der Waals surface area contributed by atoms with Crippen LogP contribution in [0.15, 0.2) is 18.2 Å². The van der Waals surface area contributed by atoms with Gasteiger partial charge in [-0.2, -0.15) is 0 Å². The van der Waals surface area contributed by atoms with Crippen LogP contribution >= 0.6 is 0 Å². The Bertz CT molecular complexity index is 395. The summed E-state index contributed by atoms with van der Waals surface area (Å²) in [6.45, 7) is 10.6. The van der Waals surface area contributed by atoms with Gasteiger partial charge in [0.15, 0.2) is 0 Å².